The van der Waals surface area contributed by atoms with Crippen LogP contribution in [0.3, 0.4) is 0 Å². The number of hydrogen-bond donors (Lipinski definition) is 7. The first kappa shape index (κ1) is 48.6. The number of carbonyl (C=O) groups is 1. The van der Waals surface area contributed by atoms with Crippen molar-refractivity contribution in [3.63, 3.8) is 0 Å². The molecule has 1 aliphatic rings. The largest absolute Gasteiger partial charge is 0.394 e. The van der Waals surface area contributed by atoms with E-state index in [2.05, 4.69) is 31.3 Å². The molecule has 7 N–H and O–H groups in total. The molecular weight excluding hydrogens is 662 g/mol. The van der Waals surface area contributed by atoms with Gasteiger partial charge in [0.05, 0.1) is 25.4 Å². The van der Waals surface area contributed by atoms with Crippen molar-refractivity contribution < 1.29 is 44.9 Å². The summed E-state index contributed by atoms with van der Waals surface area (Å²) in [5.74, 6) is -0.627. The molecule has 1 saturated heterocycles. The van der Waals surface area contributed by atoms with E-state index in [1.54, 1.807) is 6.08 Å². The number of nitrogens with one attached hydrogen (secondary N) is 1. The number of hydrogen-bond acceptors (Lipinski definition) is 9. The fourth-order valence-corrected chi connectivity index (χ4v) is 6.59. The Morgan fingerprint density at radius 1 is 0.654 bits per heavy atom. The molecule has 52 heavy (non-hydrogen) atoms. The van der Waals surface area contributed by atoms with Crippen LogP contribution in [0.25, 0.3) is 0 Å². The van der Waals surface area contributed by atoms with E-state index in [4.69, 9.17) is 9.47 Å². The summed E-state index contributed by atoms with van der Waals surface area (Å²) in [7, 11) is 0. The summed E-state index contributed by atoms with van der Waals surface area (Å²) in [4.78, 5) is 13.0. The molecule has 10 nitrogen and oxygen atoms in total. The van der Waals surface area contributed by atoms with Crippen molar-refractivity contribution in [1.29, 1.82) is 0 Å². The number of aliphatic hydroxyl groups is 6. The fraction of sp³-hybridized carbons (Fsp3) is 0.881. The van der Waals surface area contributed by atoms with Gasteiger partial charge in [-0.05, 0) is 32.1 Å². The van der Waals surface area contributed by atoms with Gasteiger partial charge in [-0.25, -0.2) is 0 Å². The summed E-state index contributed by atoms with van der Waals surface area (Å²) < 4.78 is 11.1. The maximum atomic E-state index is 13.0. The lowest BCUT2D eigenvalue weighted by molar-refractivity contribution is -0.302. The third kappa shape index (κ3) is 23.4. The van der Waals surface area contributed by atoms with Crippen LogP contribution in [-0.4, -0.2) is 98.7 Å². The molecule has 0 bridgehead atoms. The first-order valence-corrected chi connectivity index (χ1v) is 21.2. The second-order valence-corrected chi connectivity index (χ2v) is 14.9. The minimum atomic E-state index is -1.61. The van der Waals surface area contributed by atoms with E-state index < -0.39 is 61.5 Å². The van der Waals surface area contributed by atoms with Crippen LogP contribution < -0.4 is 5.32 Å². The van der Waals surface area contributed by atoms with Crippen LogP contribution in [0.5, 0.6) is 0 Å². The Morgan fingerprint density at radius 2 is 1.13 bits per heavy atom. The molecular formula is C42H79NO9. The van der Waals surface area contributed by atoms with Gasteiger partial charge in [0.1, 0.15) is 30.5 Å². The van der Waals surface area contributed by atoms with E-state index in [-0.39, 0.29) is 6.61 Å². The highest BCUT2D eigenvalue weighted by Gasteiger charge is 2.44. The predicted molar refractivity (Wildman–Crippen MR) is 209 cm³/mol. The van der Waals surface area contributed by atoms with Gasteiger partial charge in [-0.15, -0.1) is 0 Å². The normalized spacial score (nSPS) is 22.7. The number of allylic oxidation sites excluding steroid dienone is 3. The Morgan fingerprint density at radius 3 is 1.67 bits per heavy atom. The summed E-state index contributed by atoms with van der Waals surface area (Å²) in [5, 5.41) is 64.4. The van der Waals surface area contributed by atoms with Crippen LogP contribution in [0.4, 0.5) is 0 Å². The van der Waals surface area contributed by atoms with Crippen LogP contribution in [0.15, 0.2) is 24.3 Å². The van der Waals surface area contributed by atoms with Gasteiger partial charge in [0.2, 0.25) is 5.91 Å². The average molecular weight is 742 g/mol. The second-order valence-electron chi connectivity index (χ2n) is 14.9. The van der Waals surface area contributed by atoms with Gasteiger partial charge in [-0.2, -0.15) is 0 Å². The van der Waals surface area contributed by atoms with E-state index in [0.717, 1.165) is 32.1 Å². The van der Waals surface area contributed by atoms with Crippen molar-refractivity contribution in [2.45, 2.75) is 223 Å². The number of carbonyl (C=O) groups excluding carboxylic acids is 1. The van der Waals surface area contributed by atoms with Crippen molar-refractivity contribution in [2.24, 2.45) is 0 Å². The van der Waals surface area contributed by atoms with Gasteiger partial charge < -0.3 is 45.4 Å². The maximum Gasteiger partial charge on any atom is 0.249 e. The van der Waals surface area contributed by atoms with Crippen molar-refractivity contribution in [3.05, 3.63) is 24.3 Å². The third-order valence-electron chi connectivity index (χ3n) is 10.1. The molecule has 0 aromatic heterocycles. The van der Waals surface area contributed by atoms with E-state index in [9.17, 15) is 35.4 Å². The monoisotopic (exact) mass is 742 g/mol. The van der Waals surface area contributed by atoms with E-state index >= 15 is 0 Å². The standard InChI is InChI=1S/C42H79NO9/c1-3-5-7-9-11-13-15-17-19-21-23-25-27-29-31-36(46)41(50)43-34(33-51-42-40(49)39(48)38(47)37(32-44)52-42)35(45)30-28-26-24-22-20-18-16-14-12-10-8-6-4-2/h20,22,28,30,34-40,42,44-49H,3-19,21,23-27,29,31-33H2,1-2H3,(H,43,50)/b22-20+,30-28+/t34-,35+,36+,37+,38+,39?,40?,42+/m0/s1. The fourth-order valence-electron chi connectivity index (χ4n) is 6.59. The number of aliphatic hydroxyl groups excluding tert-OH is 6. The lowest BCUT2D eigenvalue weighted by atomic mass is 9.99. The van der Waals surface area contributed by atoms with Gasteiger partial charge in [0, 0.05) is 0 Å². The molecule has 1 heterocycles. The van der Waals surface area contributed by atoms with E-state index in [1.807, 2.05) is 6.08 Å². The summed E-state index contributed by atoms with van der Waals surface area (Å²) in [6.45, 7) is 3.56. The van der Waals surface area contributed by atoms with Crippen LogP contribution in [0, 0.1) is 0 Å². The summed E-state index contributed by atoms with van der Waals surface area (Å²) in [5.41, 5.74) is 0. The summed E-state index contributed by atoms with van der Waals surface area (Å²) in [6.07, 6.45) is 26.9. The Hall–Kier alpha value is -1.37. The molecule has 0 aliphatic carbocycles. The Balaban J connectivity index is 2.50. The topological polar surface area (TPSA) is 169 Å². The second kappa shape index (κ2) is 33.0. The molecule has 306 valence electrons. The van der Waals surface area contributed by atoms with Crippen LogP contribution in [0.2, 0.25) is 0 Å². The Labute approximate surface area is 316 Å². The van der Waals surface area contributed by atoms with Crippen molar-refractivity contribution in [1.82, 2.24) is 5.32 Å². The van der Waals surface area contributed by atoms with Crippen LogP contribution in [0.1, 0.15) is 174 Å². The first-order valence-electron chi connectivity index (χ1n) is 21.2. The van der Waals surface area contributed by atoms with Gasteiger partial charge >= 0.3 is 0 Å². The molecule has 1 amide bonds. The average Bonchev–Trinajstić information content (AvgIpc) is 3.14. The molecule has 1 aliphatic heterocycles. The lowest BCUT2D eigenvalue weighted by Gasteiger charge is -2.40. The zero-order valence-electron chi connectivity index (χ0n) is 32.9. The number of unbranched alkanes of at least 4 members (excludes halogenated alkanes) is 21. The van der Waals surface area contributed by atoms with Gasteiger partial charge in [-0.1, -0.05) is 167 Å². The molecule has 2 unspecified atom stereocenters. The molecule has 1 fully saturated rings. The van der Waals surface area contributed by atoms with Gasteiger partial charge in [0.15, 0.2) is 6.29 Å². The molecule has 0 aromatic carbocycles. The highest BCUT2D eigenvalue weighted by atomic mass is 16.7. The third-order valence-corrected chi connectivity index (χ3v) is 10.1. The predicted octanol–water partition coefficient (Wildman–Crippen LogP) is 6.91. The number of amides is 1. The molecule has 0 aromatic rings. The number of ether oxygens (including phenoxy) is 2. The van der Waals surface area contributed by atoms with Gasteiger partial charge in [0.25, 0.3) is 0 Å². The SMILES string of the molecule is CCCCCCCCC/C=C/CC/C=C/[C@@H](O)[C@H](CO[C@@H]1O[C@H](CO)[C@@H](O)C(O)C1O)NC(=O)[C@H](O)CCCCCCCCCCCCCCCC. The van der Waals surface area contributed by atoms with Crippen LogP contribution in [-0.2, 0) is 14.3 Å². The smallest absolute Gasteiger partial charge is 0.249 e. The summed E-state index contributed by atoms with van der Waals surface area (Å²) >= 11 is 0. The zero-order chi connectivity index (χ0) is 38.2. The Kier molecular flexibility index (Phi) is 30.9. The highest BCUT2D eigenvalue weighted by Crippen LogP contribution is 2.22. The minimum absolute atomic E-state index is 0.307. The minimum Gasteiger partial charge on any atom is -0.394 e. The number of rotatable bonds is 34. The highest BCUT2D eigenvalue weighted by molar-refractivity contribution is 5.80. The molecule has 0 saturated carbocycles. The van der Waals surface area contributed by atoms with E-state index in [0.29, 0.717) is 19.3 Å². The first-order chi connectivity index (χ1) is 25.3. The molecule has 0 radical (unpaired) electrons. The zero-order valence-corrected chi connectivity index (χ0v) is 32.9. The quantitative estimate of drug-likeness (QED) is 0.0274. The Bertz CT molecular complexity index is 886. The van der Waals surface area contributed by atoms with Gasteiger partial charge in [-0.3, -0.25) is 4.79 Å². The molecule has 0 spiro atoms. The molecule has 8 atom stereocenters. The van der Waals surface area contributed by atoms with E-state index in [1.165, 1.54) is 109 Å². The lowest BCUT2D eigenvalue weighted by Crippen LogP contribution is -2.60. The molecule has 10 heteroatoms. The maximum absolute atomic E-state index is 13.0. The molecule has 1 rings (SSSR count). The van der Waals surface area contributed by atoms with Crippen molar-refractivity contribution in [3.8, 4) is 0 Å². The summed E-state index contributed by atoms with van der Waals surface area (Å²) in [6, 6.07) is -0.991. The van der Waals surface area contributed by atoms with Crippen LogP contribution >= 0.6 is 0 Å². The van der Waals surface area contributed by atoms with Crippen molar-refractivity contribution >= 4 is 5.91 Å². The van der Waals surface area contributed by atoms with Crippen molar-refractivity contribution in [2.75, 3.05) is 13.2 Å².